The molecule has 0 aliphatic rings. The number of rotatable bonds is 8. The lowest BCUT2D eigenvalue weighted by Gasteiger charge is -2.20. The lowest BCUT2D eigenvalue weighted by Crippen LogP contribution is -2.33. The Morgan fingerprint density at radius 1 is 0.955 bits per heavy atom. The van der Waals surface area contributed by atoms with Gasteiger partial charge >= 0.3 is 5.97 Å². The molecule has 0 saturated carbocycles. The first kappa shape index (κ1) is 20.9. The molecule has 0 aromatic heterocycles. The van der Waals surface area contributed by atoms with E-state index in [1.54, 1.807) is 32.7 Å². The minimum absolute atomic E-state index is 0.00238. The molecular formula is C17H33NO4. The number of ether oxygens (including phenoxy) is 2. The van der Waals surface area contributed by atoms with Gasteiger partial charge < -0.3 is 14.4 Å². The van der Waals surface area contributed by atoms with E-state index in [4.69, 9.17) is 9.47 Å². The lowest BCUT2D eigenvalue weighted by molar-refractivity contribution is -0.154. The van der Waals surface area contributed by atoms with Crippen molar-refractivity contribution in [2.75, 3.05) is 33.4 Å². The van der Waals surface area contributed by atoms with Gasteiger partial charge in [0.05, 0.1) is 25.0 Å². The van der Waals surface area contributed by atoms with E-state index in [-0.39, 0.29) is 23.9 Å². The van der Waals surface area contributed by atoms with Crippen LogP contribution in [0.15, 0.2) is 0 Å². The molecule has 1 amide bonds. The van der Waals surface area contributed by atoms with Gasteiger partial charge in [0, 0.05) is 13.7 Å². The Bertz CT molecular complexity index is 353. The van der Waals surface area contributed by atoms with Crippen molar-refractivity contribution in [2.45, 2.75) is 54.4 Å². The third-order valence-corrected chi connectivity index (χ3v) is 3.15. The fourth-order valence-electron chi connectivity index (χ4n) is 1.45. The van der Waals surface area contributed by atoms with Crippen LogP contribution < -0.4 is 0 Å². The number of hydrogen-bond donors (Lipinski definition) is 0. The molecule has 0 unspecified atom stereocenters. The molecule has 22 heavy (non-hydrogen) atoms. The molecular weight excluding hydrogens is 282 g/mol. The molecule has 0 bridgehead atoms. The number of carbonyl (C=O) groups is 2. The highest BCUT2D eigenvalue weighted by Gasteiger charge is 2.23. The van der Waals surface area contributed by atoms with E-state index >= 15 is 0 Å². The van der Waals surface area contributed by atoms with E-state index in [1.165, 1.54) is 0 Å². The number of hydrogen-bond acceptors (Lipinski definition) is 4. The summed E-state index contributed by atoms with van der Waals surface area (Å²) in [6.07, 6.45) is 1.33. The normalized spacial score (nSPS) is 12.1. The molecule has 0 atom stereocenters. The maximum absolute atomic E-state index is 11.9. The molecule has 0 aliphatic carbocycles. The number of nitrogens with zero attached hydrogens (tertiary/aromatic N) is 1. The van der Waals surface area contributed by atoms with Gasteiger partial charge in [-0.2, -0.15) is 0 Å². The van der Waals surface area contributed by atoms with Crippen molar-refractivity contribution in [3.05, 3.63) is 0 Å². The summed E-state index contributed by atoms with van der Waals surface area (Å²) in [6.45, 7) is 13.6. The van der Waals surface area contributed by atoms with Gasteiger partial charge in [0.1, 0.15) is 6.61 Å². The van der Waals surface area contributed by atoms with Crippen molar-refractivity contribution in [1.29, 1.82) is 0 Å². The number of esters is 1. The summed E-state index contributed by atoms with van der Waals surface area (Å²) < 4.78 is 10.6. The quantitative estimate of drug-likeness (QED) is 0.510. The van der Waals surface area contributed by atoms with Gasteiger partial charge in [0.25, 0.3) is 0 Å². The number of likely N-dealkylation sites (N-methyl/N-ethyl adjacent to an activating group) is 1. The van der Waals surface area contributed by atoms with E-state index in [9.17, 15) is 9.59 Å². The van der Waals surface area contributed by atoms with Crippen LogP contribution >= 0.6 is 0 Å². The van der Waals surface area contributed by atoms with E-state index in [0.29, 0.717) is 26.2 Å². The van der Waals surface area contributed by atoms with Crippen molar-refractivity contribution in [1.82, 2.24) is 4.90 Å². The number of carbonyl (C=O) groups excluding carboxylic acids is 2. The third-order valence-electron chi connectivity index (χ3n) is 3.15. The van der Waals surface area contributed by atoms with E-state index in [1.807, 2.05) is 0 Å². The van der Waals surface area contributed by atoms with Crippen molar-refractivity contribution < 1.29 is 19.1 Å². The molecule has 0 fully saturated rings. The molecule has 0 aliphatic heterocycles. The SMILES string of the molecule is CN(CCOC(=O)C(C)(C)C)C(=O)CCOCCC(C)(C)C. The molecule has 0 rings (SSSR count). The van der Waals surface area contributed by atoms with Crippen LogP contribution in [0.2, 0.25) is 0 Å². The Morgan fingerprint density at radius 2 is 1.55 bits per heavy atom. The monoisotopic (exact) mass is 315 g/mol. The van der Waals surface area contributed by atoms with Crippen molar-refractivity contribution in [3.8, 4) is 0 Å². The first-order valence-corrected chi connectivity index (χ1v) is 7.92. The van der Waals surface area contributed by atoms with Crippen LogP contribution in [0.1, 0.15) is 54.4 Å². The molecule has 5 nitrogen and oxygen atoms in total. The average Bonchev–Trinajstić information content (AvgIpc) is 2.35. The lowest BCUT2D eigenvalue weighted by atomic mass is 9.93. The zero-order chi connectivity index (χ0) is 17.4. The van der Waals surface area contributed by atoms with Crippen LogP contribution in [-0.2, 0) is 19.1 Å². The Kier molecular flexibility index (Phi) is 8.68. The smallest absolute Gasteiger partial charge is 0.311 e. The second-order valence-electron chi connectivity index (χ2n) is 7.87. The molecule has 5 heteroatoms. The Labute approximate surface area is 135 Å². The maximum atomic E-state index is 11.9. The van der Waals surface area contributed by atoms with Gasteiger partial charge in [-0.25, -0.2) is 0 Å². The molecule has 130 valence electrons. The predicted octanol–water partition coefficient (Wildman–Crippen LogP) is 2.88. The molecule has 0 heterocycles. The van der Waals surface area contributed by atoms with Gasteiger partial charge in [0.15, 0.2) is 0 Å². The second-order valence-corrected chi connectivity index (χ2v) is 7.87. The molecule has 0 radical (unpaired) electrons. The summed E-state index contributed by atoms with van der Waals surface area (Å²) in [5.74, 6) is -0.249. The van der Waals surface area contributed by atoms with Gasteiger partial charge in [-0.1, -0.05) is 20.8 Å². The minimum atomic E-state index is -0.510. The van der Waals surface area contributed by atoms with E-state index in [0.717, 1.165) is 6.42 Å². The van der Waals surface area contributed by atoms with Crippen LogP contribution in [0.25, 0.3) is 0 Å². The highest BCUT2D eigenvalue weighted by molar-refractivity contribution is 5.76. The molecule has 0 aromatic carbocycles. The average molecular weight is 315 g/mol. The maximum Gasteiger partial charge on any atom is 0.311 e. The first-order chi connectivity index (χ1) is 9.93. The molecule has 0 saturated heterocycles. The summed E-state index contributed by atoms with van der Waals surface area (Å²) >= 11 is 0. The molecule has 0 aromatic rings. The fraction of sp³-hybridized carbons (Fsp3) is 0.882. The van der Waals surface area contributed by atoms with Crippen LogP contribution in [-0.4, -0.2) is 50.2 Å². The van der Waals surface area contributed by atoms with Crippen LogP contribution in [0, 0.1) is 10.8 Å². The Morgan fingerprint density at radius 3 is 2.05 bits per heavy atom. The van der Waals surface area contributed by atoms with E-state index < -0.39 is 5.41 Å². The number of amides is 1. The van der Waals surface area contributed by atoms with Gasteiger partial charge in [-0.15, -0.1) is 0 Å². The van der Waals surface area contributed by atoms with Crippen molar-refractivity contribution >= 4 is 11.9 Å². The predicted molar refractivity (Wildman–Crippen MR) is 87.6 cm³/mol. The first-order valence-electron chi connectivity index (χ1n) is 7.92. The molecule has 0 spiro atoms. The topological polar surface area (TPSA) is 55.8 Å². The van der Waals surface area contributed by atoms with Crippen molar-refractivity contribution in [2.24, 2.45) is 10.8 Å². The zero-order valence-corrected chi connectivity index (χ0v) is 15.3. The minimum Gasteiger partial charge on any atom is -0.463 e. The summed E-state index contributed by atoms with van der Waals surface area (Å²) in [5, 5.41) is 0. The van der Waals surface area contributed by atoms with Crippen LogP contribution in [0.3, 0.4) is 0 Å². The van der Waals surface area contributed by atoms with Crippen LogP contribution in [0.4, 0.5) is 0 Å². The highest BCUT2D eigenvalue weighted by Crippen LogP contribution is 2.18. The fourth-order valence-corrected chi connectivity index (χ4v) is 1.45. The largest absolute Gasteiger partial charge is 0.463 e. The highest BCUT2D eigenvalue weighted by atomic mass is 16.5. The summed E-state index contributed by atoms with van der Waals surface area (Å²) in [6, 6.07) is 0. The standard InChI is InChI=1S/C17H33NO4/c1-16(2,3)9-12-21-11-8-14(19)18(7)10-13-22-15(20)17(4,5)6/h8-13H2,1-7H3. The van der Waals surface area contributed by atoms with E-state index in [2.05, 4.69) is 20.8 Å². The Hall–Kier alpha value is -1.10. The van der Waals surface area contributed by atoms with Crippen LogP contribution in [0.5, 0.6) is 0 Å². The Balaban J connectivity index is 3.78. The summed E-state index contributed by atoms with van der Waals surface area (Å²) in [4.78, 5) is 25.0. The molecule has 0 N–H and O–H groups in total. The second kappa shape index (κ2) is 9.13. The van der Waals surface area contributed by atoms with Crippen molar-refractivity contribution in [3.63, 3.8) is 0 Å². The zero-order valence-electron chi connectivity index (χ0n) is 15.3. The van der Waals surface area contributed by atoms with Gasteiger partial charge in [-0.3, -0.25) is 9.59 Å². The summed E-state index contributed by atoms with van der Waals surface area (Å²) in [5.41, 5.74) is -0.263. The van der Waals surface area contributed by atoms with Gasteiger partial charge in [0.2, 0.25) is 5.91 Å². The van der Waals surface area contributed by atoms with Gasteiger partial charge in [-0.05, 0) is 32.6 Å². The third kappa shape index (κ3) is 10.6. The summed E-state index contributed by atoms with van der Waals surface area (Å²) in [7, 11) is 1.71.